The summed E-state index contributed by atoms with van der Waals surface area (Å²) in [6, 6.07) is 9.91. The van der Waals surface area contributed by atoms with Crippen LogP contribution in [0, 0.1) is 0 Å². The molecule has 1 amide bonds. The molecule has 1 atom stereocenters. The lowest BCUT2D eigenvalue weighted by Crippen LogP contribution is -2.25. The highest BCUT2D eigenvalue weighted by atomic mass is 32.2. The lowest BCUT2D eigenvalue weighted by molar-refractivity contribution is 0.0961. The van der Waals surface area contributed by atoms with Crippen LogP contribution in [0.1, 0.15) is 39.3 Å². The van der Waals surface area contributed by atoms with Crippen LogP contribution in [0.2, 0.25) is 0 Å². The van der Waals surface area contributed by atoms with Crippen LogP contribution in [0.3, 0.4) is 0 Å². The second kappa shape index (κ2) is 10.3. The van der Waals surface area contributed by atoms with E-state index in [0.717, 1.165) is 22.3 Å². The van der Waals surface area contributed by atoms with E-state index >= 15 is 0 Å². The number of rotatable bonds is 7. The number of hydrogen-bond donors (Lipinski definition) is 2. The summed E-state index contributed by atoms with van der Waals surface area (Å²) < 4.78 is 28.4. The summed E-state index contributed by atoms with van der Waals surface area (Å²) in [6.45, 7) is 7.09. The topological polar surface area (TPSA) is 84.5 Å². The van der Waals surface area contributed by atoms with Crippen molar-refractivity contribution in [2.24, 2.45) is 0 Å². The highest BCUT2D eigenvalue weighted by molar-refractivity contribution is 7.90. The Bertz CT molecular complexity index is 1160. The van der Waals surface area contributed by atoms with E-state index in [-0.39, 0.29) is 17.7 Å². The molecule has 2 heterocycles. The van der Waals surface area contributed by atoms with Gasteiger partial charge in [0.15, 0.2) is 0 Å². The summed E-state index contributed by atoms with van der Waals surface area (Å²) in [5.41, 5.74) is 4.28. The van der Waals surface area contributed by atoms with Crippen LogP contribution in [0.4, 0.5) is 0 Å². The number of thiophene rings is 1. The van der Waals surface area contributed by atoms with Crippen molar-refractivity contribution in [1.29, 1.82) is 0 Å². The molecule has 6 nitrogen and oxygen atoms in total. The SMILES string of the molecule is C=C1/C(c2ccc(C(C)NCCS(C)(=O)=O)cc2)=C(OC)\C=C/CNC(=O)c2sccc21. The third kappa shape index (κ3) is 5.76. The molecule has 0 radical (unpaired) electrons. The summed E-state index contributed by atoms with van der Waals surface area (Å²) in [4.78, 5) is 13.1. The Labute approximate surface area is 193 Å². The average molecular weight is 473 g/mol. The minimum Gasteiger partial charge on any atom is -0.496 e. The third-order valence-electron chi connectivity index (χ3n) is 5.24. The fraction of sp³-hybridized carbons (Fsp3) is 0.292. The first kappa shape index (κ1) is 24.0. The van der Waals surface area contributed by atoms with Gasteiger partial charge in [0.1, 0.15) is 15.6 Å². The second-order valence-corrected chi connectivity index (χ2v) is 10.8. The number of nitrogens with one attached hydrogen (secondary N) is 2. The third-order valence-corrected chi connectivity index (χ3v) is 7.10. The van der Waals surface area contributed by atoms with Crippen LogP contribution in [-0.2, 0) is 14.6 Å². The molecule has 0 saturated carbocycles. The highest BCUT2D eigenvalue weighted by Crippen LogP contribution is 2.37. The minimum atomic E-state index is -3.00. The van der Waals surface area contributed by atoms with E-state index in [1.807, 2.05) is 54.8 Å². The van der Waals surface area contributed by atoms with Crippen molar-refractivity contribution < 1.29 is 17.9 Å². The van der Waals surface area contributed by atoms with Gasteiger partial charge in [-0.25, -0.2) is 8.42 Å². The summed E-state index contributed by atoms with van der Waals surface area (Å²) >= 11 is 1.39. The van der Waals surface area contributed by atoms with Gasteiger partial charge >= 0.3 is 0 Å². The van der Waals surface area contributed by atoms with Crippen LogP contribution < -0.4 is 10.6 Å². The molecule has 1 aromatic heterocycles. The van der Waals surface area contributed by atoms with E-state index < -0.39 is 9.84 Å². The largest absolute Gasteiger partial charge is 0.496 e. The molecule has 170 valence electrons. The van der Waals surface area contributed by atoms with Crippen LogP contribution in [0.15, 0.2) is 60.2 Å². The lowest BCUT2D eigenvalue weighted by Gasteiger charge is -2.19. The van der Waals surface area contributed by atoms with E-state index in [4.69, 9.17) is 4.74 Å². The van der Waals surface area contributed by atoms with Crippen molar-refractivity contribution in [2.75, 3.05) is 32.2 Å². The number of methoxy groups -OCH3 is 1. The van der Waals surface area contributed by atoms with Gasteiger partial charge in [-0.3, -0.25) is 4.79 Å². The molecular weight excluding hydrogens is 444 g/mol. The molecule has 32 heavy (non-hydrogen) atoms. The Morgan fingerprint density at radius 1 is 1.25 bits per heavy atom. The van der Waals surface area contributed by atoms with Crippen LogP contribution in [0.5, 0.6) is 0 Å². The lowest BCUT2D eigenvalue weighted by atomic mass is 9.91. The average Bonchev–Trinajstić information content (AvgIpc) is 3.24. The molecule has 0 spiro atoms. The summed E-state index contributed by atoms with van der Waals surface area (Å²) in [5, 5.41) is 8.01. The van der Waals surface area contributed by atoms with Crippen LogP contribution in [-0.4, -0.2) is 46.5 Å². The van der Waals surface area contributed by atoms with Crippen LogP contribution >= 0.6 is 11.3 Å². The van der Waals surface area contributed by atoms with Crippen molar-refractivity contribution in [3.05, 3.63) is 81.8 Å². The molecule has 1 aromatic carbocycles. The molecule has 2 aromatic rings. The first-order chi connectivity index (χ1) is 15.2. The first-order valence-corrected chi connectivity index (χ1v) is 13.2. The maximum Gasteiger partial charge on any atom is 0.262 e. The Balaban J connectivity index is 1.93. The predicted molar refractivity (Wildman–Crippen MR) is 131 cm³/mol. The van der Waals surface area contributed by atoms with Gasteiger partial charge in [0.25, 0.3) is 5.91 Å². The number of hydrogen-bond acceptors (Lipinski definition) is 6. The number of ether oxygens (including phenoxy) is 1. The molecule has 0 fully saturated rings. The Morgan fingerprint density at radius 2 is 1.97 bits per heavy atom. The number of fused-ring (bicyclic) bond motifs is 1. The smallest absolute Gasteiger partial charge is 0.262 e. The van der Waals surface area contributed by atoms with Crippen molar-refractivity contribution in [3.63, 3.8) is 0 Å². The second-order valence-electron chi connectivity index (χ2n) is 7.63. The van der Waals surface area contributed by atoms with Gasteiger partial charge in [-0.1, -0.05) is 36.9 Å². The zero-order valence-electron chi connectivity index (χ0n) is 18.5. The number of amides is 1. The van der Waals surface area contributed by atoms with Crippen LogP contribution in [0.25, 0.3) is 11.1 Å². The molecule has 3 rings (SSSR count). The fourth-order valence-corrected chi connectivity index (χ4v) is 4.82. The highest BCUT2D eigenvalue weighted by Gasteiger charge is 2.21. The van der Waals surface area contributed by atoms with E-state index in [1.165, 1.54) is 17.6 Å². The maximum atomic E-state index is 12.5. The van der Waals surface area contributed by atoms with Gasteiger partial charge in [-0.15, -0.1) is 11.3 Å². The fourth-order valence-electron chi connectivity index (χ4n) is 3.49. The number of carbonyl (C=O) groups is 1. The quantitative estimate of drug-likeness (QED) is 0.640. The standard InChI is InChI=1S/C24H28N2O4S2/c1-16-20-11-14-31-23(20)24(27)26-12-5-6-21(30-3)22(16)19-9-7-18(8-10-19)17(2)25-13-15-32(4,28)29/h5-11,14,17,25H,1,12-13,15H2,2-4H3,(H,26,27)/b6-5-,22-21-. The summed E-state index contributed by atoms with van der Waals surface area (Å²) in [6.07, 6.45) is 4.93. The molecule has 1 aliphatic rings. The summed E-state index contributed by atoms with van der Waals surface area (Å²) in [7, 11) is -1.38. The number of benzene rings is 1. The molecule has 0 bridgehead atoms. The zero-order chi connectivity index (χ0) is 23.3. The van der Waals surface area contributed by atoms with E-state index in [2.05, 4.69) is 17.2 Å². The number of sulfone groups is 1. The molecule has 8 heteroatoms. The summed E-state index contributed by atoms with van der Waals surface area (Å²) in [5.74, 6) is 0.642. The molecule has 1 aliphatic heterocycles. The van der Waals surface area contributed by atoms with Gasteiger partial charge in [0.05, 0.1) is 17.7 Å². The normalized spacial score (nSPS) is 19.1. The van der Waals surface area contributed by atoms with Gasteiger partial charge in [0, 0.05) is 36.5 Å². The minimum absolute atomic E-state index is 0.000917. The first-order valence-electron chi connectivity index (χ1n) is 10.2. The van der Waals surface area contributed by atoms with Crippen molar-refractivity contribution in [1.82, 2.24) is 10.6 Å². The van der Waals surface area contributed by atoms with E-state index in [0.29, 0.717) is 29.3 Å². The van der Waals surface area contributed by atoms with Crippen molar-refractivity contribution in [3.8, 4) is 0 Å². The Morgan fingerprint density at radius 3 is 2.62 bits per heavy atom. The molecular formula is C24H28N2O4S2. The Hall–Kier alpha value is -2.68. The maximum absolute atomic E-state index is 12.5. The predicted octanol–water partition coefficient (Wildman–Crippen LogP) is 3.81. The number of carbonyl (C=O) groups excluding carboxylic acids is 1. The molecule has 1 unspecified atom stereocenters. The van der Waals surface area contributed by atoms with E-state index in [9.17, 15) is 13.2 Å². The number of allylic oxidation sites excluding steroid dienone is 3. The van der Waals surface area contributed by atoms with Gasteiger partial charge in [-0.2, -0.15) is 0 Å². The van der Waals surface area contributed by atoms with Gasteiger partial charge in [-0.05, 0) is 41.1 Å². The Kier molecular flexibility index (Phi) is 7.71. The monoisotopic (exact) mass is 472 g/mol. The van der Waals surface area contributed by atoms with Crippen molar-refractivity contribution >= 4 is 38.2 Å². The van der Waals surface area contributed by atoms with E-state index in [1.54, 1.807) is 7.11 Å². The van der Waals surface area contributed by atoms with Gasteiger partial charge in [0.2, 0.25) is 0 Å². The molecule has 0 aliphatic carbocycles. The zero-order valence-corrected chi connectivity index (χ0v) is 20.1. The van der Waals surface area contributed by atoms with Gasteiger partial charge < -0.3 is 15.4 Å². The molecule has 2 N–H and O–H groups in total. The van der Waals surface area contributed by atoms with Crippen molar-refractivity contribution in [2.45, 2.75) is 13.0 Å². The molecule has 0 saturated heterocycles.